The van der Waals surface area contributed by atoms with Crippen LogP contribution in [0.4, 0.5) is 0 Å². The van der Waals surface area contributed by atoms with Crippen molar-refractivity contribution in [3.05, 3.63) is 60.2 Å². The Hall–Kier alpha value is -2.99. The predicted octanol–water partition coefficient (Wildman–Crippen LogP) is 1.37. The average Bonchev–Trinajstić information content (AvgIpc) is 3.19. The minimum absolute atomic E-state index is 0.0575. The van der Waals surface area contributed by atoms with Crippen LogP contribution in [0.3, 0.4) is 0 Å². The van der Waals surface area contributed by atoms with Crippen LogP contribution in [0.5, 0.6) is 0 Å². The third-order valence-electron chi connectivity index (χ3n) is 4.71. The predicted molar refractivity (Wildman–Crippen MR) is 97.7 cm³/mol. The number of amides is 1. The fourth-order valence-corrected chi connectivity index (χ4v) is 3.10. The number of hydrogen-bond acceptors (Lipinski definition) is 4. The standard InChI is InChI=1S/C20H20N4O2/c1-23-10-12-24(13-11-23)20(25)17-9-5-8-16(14-17)19-22-21-18(26-19)15-6-3-2-4-7-15/h2-9,14H,10-13H2,1H3/p+1. The fourth-order valence-electron chi connectivity index (χ4n) is 3.10. The topological polar surface area (TPSA) is 63.7 Å². The van der Waals surface area contributed by atoms with Crippen molar-refractivity contribution in [3.8, 4) is 22.9 Å². The number of nitrogens with one attached hydrogen (secondary N) is 1. The number of piperazine rings is 1. The highest BCUT2D eigenvalue weighted by Gasteiger charge is 2.23. The molecule has 0 bridgehead atoms. The molecule has 4 rings (SSSR count). The smallest absolute Gasteiger partial charge is 0.254 e. The van der Waals surface area contributed by atoms with Gasteiger partial charge in [0.1, 0.15) is 0 Å². The molecule has 26 heavy (non-hydrogen) atoms. The van der Waals surface area contributed by atoms with Crippen LogP contribution in [0.25, 0.3) is 22.9 Å². The Morgan fingerprint density at radius 2 is 1.62 bits per heavy atom. The van der Waals surface area contributed by atoms with Crippen LogP contribution in [0.2, 0.25) is 0 Å². The normalized spacial score (nSPS) is 15.2. The summed E-state index contributed by atoms with van der Waals surface area (Å²) in [6.07, 6.45) is 0. The summed E-state index contributed by atoms with van der Waals surface area (Å²) in [4.78, 5) is 16.1. The van der Waals surface area contributed by atoms with Crippen LogP contribution >= 0.6 is 0 Å². The van der Waals surface area contributed by atoms with E-state index in [2.05, 4.69) is 17.2 Å². The molecule has 3 aromatic rings. The molecule has 0 atom stereocenters. The summed E-state index contributed by atoms with van der Waals surface area (Å²) in [6, 6.07) is 17.0. The van der Waals surface area contributed by atoms with E-state index in [1.165, 1.54) is 4.90 Å². The molecule has 2 heterocycles. The molecule has 6 heteroatoms. The Bertz CT molecular complexity index is 899. The van der Waals surface area contributed by atoms with Crippen LogP contribution in [0, 0.1) is 0 Å². The van der Waals surface area contributed by atoms with Crippen LogP contribution in [0.1, 0.15) is 10.4 Å². The summed E-state index contributed by atoms with van der Waals surface area (Å²) in [6.45, 7) is 3.53. The summed E-state index contributed by atoms with van der Waals surface area (Å²) in [7, 11) is 2.16. The van der Waals surface area contributed by atoms with Gasteiger partial charge in [-0.3, -0.25) is 4.79 Å². The van der Waals surface area contributed by atoms with E-state index in [-0.39, 0.29) is 5.91 Å². The highest BCUT2D eigenvalue weighted by molar-refractivity contribution is 5.95. The first-order valence-electron chi connectivity index (χ1n) is 8.80. The van der Waals surface area contributed by atoms with Crippen molar-refractivity contribution in [2.75, 3.05) is 33.2 Å². The van der Waals surface area contributed by atoms with Crippen molar-refractivity contribution in [3.63, 3.8) is 0 Å². The molecule has 0 saturated carbocycles. The van der Waals surface area contributed by atoms with Gasteiger partial charge in [0.05, 0.1) is 33.2 Å². The van der Waals surface area contributed by atoms with Gasteiger partial charge in [-0.1, -0.05) is 24.3 Å². The summed E-state index contributed by atoms with van der Waals surface area (Å²) in [5.74, 6) is 0.947. The van der Waals surface area contributed by atoms with Crippen LogP contribution in [0.15, 0.2) is 59.0 Å². The molecule has 1 aromatic heterocycles. The molecule has 0 unspecified atom stereocenters. The lowest BCUT2D eigenvalue weighted by Crippen LogP contribution is -3.12. The van der Waals surface area contributed by atoms with Gasteiger partial charge >= 0.3 is 0 Å². The van der Waals surface area contributed by atoms with Gasteiger partial charge in [0.15, 0.2) is 0 Å². The molecular weight excluding hydrogens is 328 g/mol. The number of aromatic nitrogens is 2. The number of rotatable bonds is 3. The molecule has 1 N–H and O–H groups in total. The quantitative estimate of drug-likeness (QED) is 0.776. The molecule has 1 fully saturated rings. The molecule has 0 radical (unpaired) electrons. The average molecular weight is 349 g/mol. The SMILES string of the molecule is C[NH+]1CCN(C(=O)c2cccc(-c3nnc(-c4ccccc4)o3)c2)CC1. The van der Waals surface area contributed by atoms with Crippen molar-refractivity contribution in [1.29, 1.82) is 0 Å². The Labute approximate surface area is 152 Å². The molecule has 1 aliphatic heterocycles. The van der Waals surface area contributed by atoms with Crippen molar-refractivity contribution in [2.24, 2.45) is 0 Å². The number of carbonyl (C=O) groups excluding carboxylic acids is 1. The maximum absolute atomic E-state index is 12.8. The Morgan fingerprint density at radius 3 is 2.35 bits per heavy atom. The number of quaternary nitrogens is 1. The number of carbonyl (C=O) groups is 1. The van der Waals surface area contributed by atoms with Crippen LogP contribution in [-0.2, 0) is 0 Å². The highest BCUT2D eigenvalue weighted by atomic mass is 16.4. The third kappa shape index (κ3) is 3.36. The number of hydrogen-bond donors (Lipinski definition) is 1. The molecule has 132 valence electrons. The first kappa shape index (κ1) is 16.5. The molecule has 1 aliphatic rings. The van der Waals surface area contributed by atoms with E-state index < -0.39 is 0 Å². The first-order valence-corrected chi connectivity index (χ1v) is 8.80. The minimum atomic E-state index is 0.0575. The summed E-state index contributed by atoms with van der Waals surface area (Å²) in [5, 5.41) is 8.26. The number of nitrogens with zero attached hydrogens (tertiary/aromatic N) is 3. The van der Waals surface area contributed by atoms with Crippen LogP contribution < -0.4 is 4.90 Å². The zero-order valence-corrected chi connectivity index (χ0v) is 14.7. The maximum Gasteiger partial charge on any atom is 0.254 e. The fraction of sp³-hybridized carbons (Fsp3) is 0.250. The largest absolute Gasteiger partial charge is 0.416 e. The highest BCUT2D eigenvalue weighted by Crippen LogP contribution is 2.24. The number of benzene rings is 2. The summed E-state index contributed by atoms with van der Waals surface area (Å²) >= 11 is 0. The van der Waals surface area contributed by atoms with Gasteiger partial charge in [0.25, 0.3) is 5.91 Å². The number of likely N-dealkylation sites (N-methyl/N-ethyl adjacent to an activating group) is 1. The Morgan fingerprint density at radius 1 is 0.962 bits per heavy atom. The lowest BCUT2D eigenvalue weighted by Gasteiger charge is -2.30. The van der Waals surface area contributed by atoms with Gasteiger partial charge in [-0.15, -0.1) is 10.2 Å². The lowest BCUT2D eigenvalue weighted by atomic mass is 10.1. The van der Waals surface area contributed by atoms with Crippen molar-refractivity contribution in [1.82, 2.24) is 15.1 Å². The van der Waals surface area contributed by atoms with Crippen LogP contribution in [-0.4, -0.2) is 54.2 Å². The van der Waals surface area contributed by atoms with Gasteiger partial charge in [0, 0.05) is 16.7 Å². The van der Waals surface area contributed by atoms with Crippen molar-refractivity contribution >= 4 is 5.91 Å². The second-order valence-electron chi connectivity index (χ2n) is 6.61. The van der Waals surface area contributed by atoms with Gasteiger partial charge in [-0.25, -0.2) is 0 Å². The van der Waals surface area contributed by atoms with Crippen molar-refractivity contribution < 1.29 is 14.1 Å². The molecule has 2 aromatic carbocycles. The van der Waals surface area contributed by atoms with E-state index in [9.17, 15) is 4.79 Å². The second kappa shape index (κ2) is 7.09. The van der Waals surface area contributed by atoms with Gasteiger partial charge in [-0.2, -0.15) is 0 Å². The van der Waals surface area contributed by atoms with E-state index in [4.69, 9.17) is 4.42 Å². The maximum atomic E-state index is 12.8. The van der Waals surface area contributed by atoms with E-state index >= 15 is 0 Å². The third-order valence-corrected chi connectivity index (χ3v) is 4.71. The Balaban J connectivity index is 1.56. The molecule has 0 aliphatic carbocycles. The van der Waals surface area contributed by atoms with Crippen molar-refractivity contribution in [2.45, 2.75) is 0 Å². The summed E-state index contributed by atoms with van der Waals surface area (Å²) in [5.41, 5.74) is 2.28. The lowest BCUT2D eigenvalue weighted by molar-refractivity contribution is -0.883. The van der Waals surface area contributed by atoms with E-state index in [1.807, 2.05) is 59.5 Å². The minimum Gasteiger partial charge on any atom is -0.416 e. The molecular formula is C20H21N4O2+. The monoisotopic (exact) mass is 349 g/mol. The van der Waals surface area contributed by atoms with Gasteiger partial charge in [-0.05, 0) is 30.3 Å². The zero-order valence-electron chi connectivity index (χ0n) is 14.7. The van der Waals surface area contributed by atoms with Gasteiger partial charge < -0.3 is 14.2 Å². The van der Waals surface area contributed by atoms with E-state index in [0.717, 1.165) is 37.3 Å². The zero-order chi connectivity index (χ0) is 17.9. The molecule has 1 saturated heterocycles. The molecule has 0 spiro atoms. The summed E-state index contributed by atoms with van der Waals surface area (Å²) < 4.78 is 5.80. The molecule has 6 nitrogen and oxygen atoms in total. The van der Waals surface area contributed by atoms with E-state index in [1.54, 1.807) is 0 Å². The second-order valence-corrected chi connectivity index (χ2v) is 6.61. The van der Waals surface area contributed by atoms with E-state index in [0.29, 0.717) is 17.3 Å². The van der Waals surface area contributed by atoms with Gasteiger partial charge in [0.2, 0.25) is 11.8 Å². The molecule has 1 amide bonds. The first-order chi connectivity index (χ1) is 12.7. The Kier molecular flexibility index (Phi) is 4.50.